The maximum Gasteiger partial charge on any atom is 0.170 e. The van der Waals surface area contributed by atoms with Crippen LogP contribution in [0.5, 0.6) is 0 Å². The summed E-state index contributed by atoms with van der Waals surface area (Å²) in [6, 6.07) is 4.17. The number of halogens is 1. The molecule has 0 bridgehead atoms. The lowest BCUT2D eigenvalue weighted by Gasteiger charge is -2.10. The highest BCUT2D eigenvalue weighted by molar-refractivity contribution is 9.10. The van der Waals surface area contributed by atoms with E-state index in [0.717, 1.165) is 22.5 Å². The van der Waals surface area contributed by atoms with Crippen LogP contribution in [0.25, 0.3) is 5.69 Å². The fraction of sp³-hybridized carbons (Fsp3) is 0.500. The minimum atomic E-state index is 0.608. The van der Waals surface area contributed by atoms with Crippen LogP contribution >= 0.6 is 15.9 Å². The minimum absolute atomic E-state index is 0.608. The Hall–Kier alpha value is -1.27. The molecule has 1 N–H and O–H groups in total. The molecule has 108 valence electrons. The summed E-state index contributed by atoms with van der Waals surface area (Å²) >= 11 is 3.58. The van der Waals surface area contributed by atoms with E-state index in [1.807, 2.05) is 0 Å². The molecule has 0 saturated carbocycles. The lowest BCUT2D eigenvalue weighted by Crippen LogP contribution is -2.21. The quantitative estimate of drug-likeness (QED) is 0.911. The average molecular weight is 338 g/mol. The Morgan fingerprint density at radius 3 is 2.50 bits per heavy atom. The molecule has 0 amide bonds. The van der Waals surface area contributed by atoms with Gasteiger partial charge in [0.05, 0.1) is 12.2 Å². The number of benzene rings is 1. The third-order valence-corrected chi connectivity index (χ3v) is 4.29. The molecule has 1 heterocycles. The summed E-state index contributed by atoms with van der Waals surface area (Å²) < 4.78 is 2.92. The average Bonchev–Trinajstić information content (AvgIpc) is 2.83. The van der Waals surface area contributed by atoms with E-state index in [0.29, 0.717) is 12.5 Å². The Morgan fingerprint density at radius 2 is 1.90 bits per heavy atom. The normalized spacial score (nSPS) is 11.3. The molecule has 2 aromatic rings. The summed E-state index contributed by atoms with van der Waals surface area (Å²) in [7, 11) is 0. The van der Waals surface area contributed by atoms with Gasteiger partial charge in [0.1, 0.15) is 0 Å². The molecule has 1 aromatic heterocycles. The van der Waals surface area contributed by atoms with Gasteiger partial charge in [0, 0.05) is 4.47 Å². The van der Waals surface area contributed by atoms with Crippen LogP contribution in [0.4, 0.5) is 0 Å². The van der Waals surface area contributed by atoms with Gasteiger partial charge in [-0.15, -0.1) is 5.10 Å². The Morgan fingerprint density at radius 1 is 1.25 bits per heavy atom. The van der Waals surface area contributed by atoms with Crippen LogP contribution in [0.2, 0.25) is 0 Å². The maximum absolute atomic E-state index is 4.10. The third kappa shape index (κ3) is 3.43. The van der Waals surface area contributed by atoms with E-state index in [-0.39, 0.29) is 0 Å². The molecule has 2 rings (SSSR count). The standard InChI is InChI=1S/C14H20BrN5/c1-9(2)7-16-8-13-17-18-19-20(13)12-5-10(3)14(15)11(4)6-12/h5-6,9,16H,7-8H2,1-4H3. The predicted octanol–water partition coefficient (Wildman–Crippen LogP) is 2.79. The molecule has 5 nitrogen and oxygen atoms in total. The molecule has 0 spiro atoms. The van der Waals surface area contributed by atoms with Crippen LogP contribution in [-0.4, -0.2) is 26.8 Å². The van der Waals surface area contributed by atoms with Crippen LogP contribution in [-0.2, 0) is 6.54 Å². The summed E-state index contributed by atoms with van der Waals surface area (Å²) in [5.41, 5.74) is 3.35. The molecule has 6 heteroatoms. The maximum atomic E-state index is 4.10. The van der Waals surface area contributed by atoms with Gasteiger partial charge in [-0.25, -0.2) is 0 Å². The number of tetrazole rings is 1. The first kappa shape index (κ1) is 15.1. The number of nitrogens with zero attached hydrogens (tertiary/aromatic N) is 4. The van der Waals surface area contributed by atoms with Crippen molar-refractivity contribution in [1.82, 2.24) is 25.5 Å². The summed E-state index contributed by atoms with van der Waals surface area (Å²) in [5.74, 6) is 1.43. The van der Waals surface area contributed by atoms with Crippen LogP contribution in [0.1, 0.15) is 30.8 Å². The van der Waals surface area contributed by atoms with Gasteiger partial charge in [-0.3, -0.25) is 0 Å². The Kier molecular flexibility index (Phi) is 4.88. The molecule has 0 saturated heterocycles. The molecular formula is C14H20BrN5. The number of hydrogen-bond acceptors (Lipinski definition) is 4. The van der Waals surface area contributed by atoms with E-state index in [1.54, 1.807) is 4.68 Å². The second-order valence-electron chi connectivity index (χ2n) is 5.43. The van der Waals surface area contributed by atoms with Crippen molar-refractivity contribution in [3.63, 3.8) is 0 Å². The number of nitrogens with one attached hydrogen (secondary N) is 1. The van der Waals surface area contributed by atoms with Gasteiger partial charge in [0.25, 0.3) is 0 Å². The molecule has 0 aliphatic rings. The van der Waals surface area contributed by atoms with Gasteiger partial charge in [-0.2, -0.15) is 4.68 Å². The van der Waals surface area contributed by atoms with Gasteiger partial charge in [0.2, 0.25) is 0 Å². The Bertz CT molecular complexity index is 568. The zero-order valence-electron chi connectivity index (χ0n) is 12.3. The molecule has 0 fully saturated rings. The fourth-order valence-electron chi connectivity index (χ4n) is 2.03. The highest BCUT2D eigenvalue weighted by Gasteiger charge is 2.10. The van der Waals surface area contributed by atoms with Crippen molar-refractivity contribution in [3.05, 3.63) is 33.6 Å². The van der Waals surface area contributed by atoms with Gasteiger partial charge in [0.15, 0.2) is 5.82 Å². The molecule has 1 aromatic carbocycles. The zero-order valence-corrected chi connectivity index (χ0v) is 13.9. The fourth-order valence-corrected chi connectivity index (χ4v) is 2.26. The monoisotopic (exact) mass is 337 g/mol. The molecule has 0 atom stereocenters. The van der Waals surface area contributed by atoms with Crippen LogP contribution in [0.15, 0.2) is 16.6 Å². The van der Waals surface area contributed by atoms with E-state index in [1.165, 1.54) is 11.1 Å². The van der Waals surface area contributed by atoms with E-state index in [9.17, 15) is 0 Å². The van der Waals surface area contributed by atoms with Crippen molar-refractivity contribution >= 4 is 15.9 Å². The lowest BCUT2D eigenvalue weighted by atomic mass is 10.1. The van der Waals surface area contributed by atoms with E-state index in [2.05, 4.69) is 76.6 Å². The molecular weight excluding hydrogens is 318 g/mol. The highest BCUT2D eigenvalue weighted by Crippen LogP contribution is 2.24. The van der Waals surface area contributed by atoms with Gasteiger partial charge < -0.3 is 5.32 Å². The third-order valence-electron chi connectivity index (χ3n) is 3.04. The highest BCUT2D eigenvalue weighted by atomic mass is 79.9. The van der Waals surface area contributed by atoms with E-state index >= 15 is 0 Å². The van der Waals surface area contributed by atoms with Crippen LogP contribution in [0, 0.1) is 19.8 Å². The summed E-state index contributed by atoms with van der Waals surface area (Å²) in [5, 5.41) is 15.3. The van der Waals surface area contributed by atoms with E-state index < -0.39 is 0 Å². The zero-order chi connectivity index (χ0) is 14.7. The van der Waals surface area contributed by atoms with Gasteiger partial charge >= 0.3 is 0 Å². The van der Waals surface area contributed by atoms with Crippen molar-refractivity contribution in [2.75, 3.05) is 6.54 Å². The number of hydrogen-bond donors (Lipinski definition) is 1. The Labute approximate surface area is 127 Å². The van der Waals surface area contributed by atoms with Gasteiger partial charge in [-0.1, -0.05) is 29.8 Å². The lowest BCUT2D eigenvalue weighted by molar-refractivity contribution is 0.537. The second kappa shape index (κ2) is 6.45. The topological polar surface area (TPSA) is 55.6 Å². The van der Waals surface area contributed by atoms with Crippen molar-refractivity contribution in [3.8, 4) is 5.69 Å². The Balaban J connectivity index is 2.23. The first-order valence-electron chi connectivity index (χ1n) is 6.74. The van der Waals surface area contributed by atoms with E-state index in [4.69, 9.17) is 0 Å². The predicted molar refractivity (Wildman–Crippen MR) is 82.9 cm³/mol. The molecule has 0 aliphatic carbocycles. The molecule has 0 aliphatic heterocycles. The largest absolute Gasteiger partial charge is 0.310 e. The smallest absolute Gasteiger partial charge is 0.170 e. The number of aryl methyl sites for hydroxylation is 2. The van der Waals surface area contributed by atoms with Gasteiger partial charge in [-0.05, 0) is 60.0 Å². The van der Waals surface area contributed by atoms with Crippen molar-refractivity contribution in [2.45, 2.75) is 34.2 Å². The first-order valence-corrected chi connectivity index (χ1v) is 7.53. The number of rotatable bonds is 5. The molecule has 0 radical (unpaired) electrons. The second-order valence-corrected chi connectivity index (χ2v) is 6.22. The summed E-state index contributed by atoms with van der Waals surface area (Å²) in [4.78, 5) is 0. The van der Waals surface area contributed by atoms with Crippen molar-refractivity contribution < 1.29 is 0 Å². The molecule has 20 heavy (non-hydrogen) atoms. The number of aromatic nitrogens is 4. The SMILES string of the molecule is Cc1cc(-n2nnnc2CNCC(C)C)cc(C)c1Br. The molecule has 0 unspecified atom stereocenters. The minimum Gasteiger partial charge on any atom is -0.310 e. The van der Waals surface area contributed by atoms with Crippen molar-refractivity contribution in [1.29, 1.82) is 0 Å². The van der Waals surface area contributed by atoms with Crippen LogP contribution in [0.3, 0.4) is 0 Å². The summed E-state index contributed by atoms with van der Waals surface area (Å²) in [6.07, 6.45) is 0. The van der Waals surface area contributed by atoms with Crippen LogP contribution < -0.4 is 5.32 Å². The van der Waals surface area contributed by atoms with Crippen molar-refractivity contribution in [2.24, 2.45) is 5.92 Å². The summed E-state index contributed by atoms with van der Waals surface area (Å²) in [6.45, 7) is 10.1. The first-order chi connectivity index (χ1) is 9.49.